The maximum Gasteiger partial charge on any atom is 0.480 e. The zero-order valence-corrected chi connectivity index (χ0v) is 26.8. The summed E-state index contributed by atoms with van der Waals surface area (Å²) in [6, 6.07) is 0. The van der Waals surface area contributed by atoms with Crippen LogP contribution in [0.2, 0.25) is 0 Å². The number of aromatic nitrogens is 1. The Bertz CT molecular complexity index is 1060. The van der Waals surface area contributed by atoms with Crippen molar-refractivity contribution in [2.24, 2.45) is 0 Å². The van der Waals surface area contributed by atoms with Crippen molar-refractivity contribution in [3.05, 3.63) is 20.2 Å². The highest BCUT2D eigenvalue weighted by Crippen LogP contribution is 2.36. The molecule has 262 valence electrons. The fourth-order valence-electron chi connectivity index (χ4n) is 2.60. The second-order valence-corrected chi connectivity index (χ2v) is 12.5. The zero-order valence-electron chi connectivity index (χ0n) is 24.4. The molecule has 0 aliphatic carbocycles. The standard InChI is InChI=1S/C20H38NO7S.C2F6NO4S2/c1-19-20(4-6-24-12-14-28-17-16-27-11-9-23-3)29-18-21(19)5-7-25-13-15-26-10-8-22-2;3-1(4,5)14(10,11)9-15(12,13)2(6,7)8/h18H,4-17H2,1-3H3;/q+1;-1. The van der Waals surface area contributed by atoms with Crippen LogP contribution in [0.5, 0.6) is 0 Å². The maximum atomic E-state index is 11.4. The van der Waals surface area contributed by atoms with Crippen LogP contribution in [-0.4, -0.2) is 121 Å². The molecule has 0 aromatic carbocycles. The summed E-state index contributed by atoms with van der Waals surface area (Å²) in [7, 11) is -10.1. The minimum Gasteiger partial charge on any atom is -0.421 e. The number of halogens is 6. The van der Waals surface area contributed by atoms with Crippen LogP contribution in [0.4, 0.5) is 26.3 Å². The van der Waals surface area contributed by atoms with E-state index in [4.69, 9.17) is 33.2 Å². The predicted octanol–water partition coefficient (Wildman–Crippen LogP) is 2.32. The molecule has 0 N–H and O–H groups in total. The number of alkyl halides is 6. The van der Waals surface area contributed by atoms with Crippen molar-refractivity contribution in [2.45, 2.75) is 30.9 Å². The highest BCUT2D eigenvalue weighted by molar-refractivity contribution is 8.13. The summed E-state index contributed by atoms with van der Waals surface area (Å²) in [5, 5.41) is 0. The van der Waals surface area contributed by atoms with E-state index in [1.54, 1.807) is 25.6 Å². The number of hydrogen-bond acceptors (Lipinski definition) is 12. The minimum atomic E-state index is -6.72. The highest BCUT2D eigenvalue weighted by Gasteiger charge is 2.46. The van der Waals surface area contributed by atoms with Gasteiger partial charge in [0.25, 0.3) is 0 Å². The molecule has 0 saturated heterocycles. The fourth-order valence-corrected chi connectivity index (χ4v) is 5.32. The molecule has 1 aromatic rings. The van der Waals surface area contributed by atoms with Gasteiger partial charge in [0.1, 0.15) is 6.61 Å². The van der Waals surface area contributed by atoms with Gasteiger partial charge in [0.05, 0.1) is 77.6 Å². The van der Waals surface area contributed by atoms with E-state index >= 15 is 0 Å². The molecule has 0 bridgehead atoms. The highest BCUT2D eigenvalue weighted by atomic mass is 32.3. The molecule has 0 aliphatic heterocycles. The third-order valence-corrected chi connectivity index (χ3v) is 8.75. The summed E-state index contributed by atoms with van der Waals surface area (Å²) in [5.41, 5.74) is -8.98. The van der Waals surface area contributed by atoms with E-state index in [1.807, 2.05) is 0 Å². The van der Waals surface area contributed by atoms with E-state index < -0.39 is 31.1 Å². The molecule has 0 fully saturated rings. The van der Waals surface area contributed by atoms with Crippen LogP contribution in [0.3, 0.4) is 0 Å². The summed E-state index contributed by atoms with van der Waals surface area (Å²) >= 11 is 1.77. The van der Waals surface area contributed by atoms with Crippen molar-refractivity contribution in [1.29, 1.82) is 0 Å². The molecular formula is C22H38F6N2O11S3. The van der Waals surface area contributed by atoms with Crippen molar-refractivity contribution < 1.29 is 80.9 Å². The summed E-state index contributed by atoms with van der Waals surface area (Å²) in [6.45, 7) is 10.4. The zero-order chi connectivity index (χ0) is 33.7. The Balaban J connectivity index is 0.00000104. The van der Waals surface area contributed by atoms with E-state index in [2.05, 4.69) is 17.0 Å². The Labute approximate surface area is 256 Å². The number of thiazole rings is 1. The van der Waals surface area contributed by atoms with Gasteiger partial charge in [-0.3, -0.25) is 0 Å². The molecule has 13 nitrogen and oxygen atoms in total. The third kappa shape index (κ3) is 18.7. The summed E-state index contributed by atoms with van der Waals surface area (Å²) in [4.78, 5) is 1.35. The lowest BCUT2D eigenvalue weighted by Gasteiger charge is -2.22. The lowest BCUT2D eigenvalue weighted by molar-refractivity contribution is -0.699. The van der Waals surface area contributed by atoms with Gasteiger partial charge in [-0.25, -0.2) is 16.8 Å². The van der Waals surface area contributed by atoms with Crippen molar-refractivity contribution >= 4 is 31.4 Å². The number of sulfonamides is 2. The lowest BCUT2D eigenvalue weighted by atomic mass is 10.3. The number of rotatable bonds is 23. The first-order valence-corrected chi connectivity index (χ1v) is 16.5. The first-order valence-electron chi connectivity index (χ1n) is 12.7. The Hall–Kier alpha value is -1.21. The summed E-state index contributed by atoms with van der Waals surface area (Å²) < 4.78 is 149. The summed E-state index contributed by atoms with van der Waals surface area (Å²) in [5.74, 6) is 0. The van der Waals surface area contributed by atoms with E-state index in [9.17, 15) is 43.2 Å². The topological polar surface area (TPSA) is 151 Å². The lowest BCUT2D eigenvalue weighted by Crippen LogP contribution is -2.37. The van der Waals surface area contributed by atoms with Gasteiger partial charge in [-0.15, -0.1) is 0 Å². The molecule has 1 heterocycles. The SMILES string of the molecule is COCCOCCOCCOCCc1sc[n+](CCOCCOCCOC)c1C.O=S(=O)([N-]S(=O)(=O)C(F)(F)F)C(F)(F)F. The second kappa shape index (κ2) is 22.3. The van der Waals surface area contributed by atoms with Gasteiger partial charge >= 0.3 is 11.0 Å². The maximum absolute atomic E-state index is 11.4. The van der Waals surface area contributed by atoms with Crippen LogP contribution in [-0.2, 0) is 66.2 Å². The number of methoxy groups -OCH3 is 2. The Morgan fingerprint density at radius 3 is 1.41 bits per heavy atom. The second-order valence-electron chi connectivity index (χ2n) is 8.14. The van der Waals surface area contributed by atoms with Crippen LogP contribution in [0.1, 0.15) is 10.6 Å². The summed E-state index contributed by atoms with van der Waals surface area (Å²) in [6.07, 6.45) is 0.915. The van der Waals surface area contributed by atoms with Crippen LogP contribution in [0.15, 0.2) is 5.51 Å². The number of ether oxygens (including phenoxy) is 7. The Morgan fingerprint density at radius 1 is 0.659 bits per heavy atom. The monoisotopic (exact) mass is 716 g/mol. The van der Waals surface area contributed by atoms with Gasteiger partial charge in [-0.1, -0.05) is 11.3 Å². The van der Waals surface area contributed by atoms with Gasteiger partial charge in [-0.2, -0.15) is 30.9 Å². The van der Waals surface area contributed by atoms with E-state index in [0.29, 0.717) is 79.3 Å². The first kappa shape index (κ1) is 42.8. The molecule has 0 aliphatic rings. The average Bonchev–Trinajstić information content (AvgIpc) is 3.26. The predicted molar refractivity (Wildman–Crippen MR) is 144 cm³/mol. The van der Waals surface area contributed by atoms with E-state index in [-0.39, 0.29) is 0 Å². The van der Waals surface area contributed by atoms with Gasteiger partial charge in [0, 0.05) is 27.6 Å². The molecule has 0 atom stereocenters. The first-order chi connectivity index (χ1) is 20.5. The van der Waals surface area contributed by atoms with Crippen molar-refractivity contribution in [1.82, 2.24) is 0 Å². The van der Waals surface area contributed by atoms with E-state index in [0.717, 1.165) is 17.1 Å². The molecule has 22 heteroatoms. The van der Waals surface area contributed by atoms with Crippen LogP contribution >= 0.6 is 11.3 Å². The van der Waals surface area contributed by atoms with Gasteiger partial charge in [0.2, 0.25) is 5.51 Å². The molecule has 1 aromatic heterocycles. The van der Waals surface area contributed by atoms with Gasteiger partial charge in [0.15, 0.2) is 32.3 Å². The molecule has 0 amide bonds. The minimum absolute atomic E-state index is 0.582. The average molecular weight is 717 g/mol. The van der Waals surface area contributed by atoms with E-state index in [1.165, 1.54) is 10.6 Å². The fraction of sp³-hybridized carbons (Fsp3) is 0.864. The van der Waals surface area contributed by atoms with Crippen LogP contribution < -0.4 is 4.57 Å². The molecule has 0 spiro atoms. The van der Waals surface area contributed by atoms with Crippen LogP contribution in [0.25, 0.3) is 4.13 Å². The largest absolute Gasteiger partial charge is 0.480 e. The third-order valence-electron chi connectivity index (χ3n) is 4.87. The van der Waals surface area contributed by atoms with Crippen molar-refractivity contribution in [3.63, 3.8) is 0 Å². The quantitative estimate of drug-likeness (QED) is 0.0933. The van der Waals surface area contributed by atoms with Crippen molar-refractivity contribution in [2.75, 3.05) is 93.5 Å². The molecule has 0 radical (unpaired) electrons. The molecule has 0 unspecified atom stereocenters. The molecule has 0 saturated carbocycles. The Morgan fingerprint density at radius 2 is 1.02 bits per heavy atom. The normalized spacial score (nSPS) is 12.8. The Kier molecular flexibility index (Phi) is 21.7. The number of hydrogen-bond donors (Lipinski definition) is 0. The van der Waals surface area contributed by atoms with Gasteiger partial charge in [-0.05, 0) is 0 Å². The van der Waals surface area contributed by atoms with Crippen LogP contribution in [0, 0.1) is 6.92 Å². The molecule has 1 rings (SSSR count). The number of nitrogens with zero attached hydrogens (tertiary/aromatic N) is 2. The van der Waals surface area contributed by atoms with Crippen molar-refractivity contribution in [3.8, 4) is 0 Å². The van der Waals surface area contributed by atoms with Gasteiger partial charge < -0.3 is 37.3 Å². The molecule has 44 heavy (non-hydrogen) atoms. The smallest absolute Gasteiger partial charge is 0.421 e. The molecular weight excluding hydrogens is 678 g/mol.